The predicted octanol–water partition coefficient (Wildman–Crippen LogP) is 7.69. The van der Waals surface area contributed by atoms with E-state index in [2.05, 4.69) is 21.2 Å². The van der Waals surface area contributed by atoms with E-state index in [1.807, 2.05) is 24.3 Å². The SMILES string of the molecule is COCCCn1c(C2CCCN(C(=O)C[C@@H](Cc3ccc(Br)cc3)NC(=O)OC(C)(C)C)C2)c(C(F)(F)F)c2ccccc21. The molecule has 2 aromatic carbocycles. The maximum Gasteiger partial charge on any atom is 0.418 e. The second kappa shape index (κ2) is 14.4. The van der Waals surface area contributed by atoms with Crippen molar-refractivity contribution in [2.45, 2.75) is 83.2 Å². The Morgan fingerprint density at radius 2 is 1.80 bits per heavy atom. The van der Waals surface area contributed by atoms with Crippen LogP contribution < -0.4 is 5.32 Å². The van der Waals surface area contributed by atoms with Gasteiger partial charge in [-0.25, -0.2) is 4.79 Å². The van der Waals surface area contributed by atoms with E-state index >= 15 is 0 Å². The lowest BCUT2D eigenvalue weighted by molar-refractivity contribution is -0.137. The normalized spacial score (nSPS) is 16.6. The van der Waals surface area contributed by atoms with Gasteiger partial charge in [-0.05, 0) is 70.2 Å². The van der Waals surface area contributed by atoms with Gasteiger partial charge in [0.05, 0.1) is 5.56 Å². The summed E-state index contributed by atoms with van der Waals surface area (Å²) in [5, 5.41) is 3.02. The molecule has 1 fully saturated rings. The van der Waals surface area contributed by atoms with Crippen LogP contribution in [0, 0.1) is 0 Å². The van der Waals surface area contributed by atoms with Gasteiger partial charge in [0.15, 0.2) is 0 Å². The van der Waals surface area contributed by atoms with Crippen LogP contribution in [-0.2, 0) is 33.4 Å². The number of rotatable bonds is 10. The highest BCUT2D eigenvalue weighted by molar-refractivity contribution is 9.10. The van der Waals surface area contributed by atoms with Crippen molar-refractivity contribution in [2.24, 2.45) is 0 Å². The van der Waals surface area contributed by atoms with Gasteiger partial charge >= 0.3 is 12.3 Å². The summed E-state index contributed by atoms with van der Waals surface area (Å²) in [6.07, 6.45) is -3.13. The standard InChI is InChI=1S/C33H41BrF3N3O4/c1-32(2,3)44-31(42)38-25(19-22-12-14-24(34)15-13-22)20-28(41)39-16-7-9-23(21-39)30-29(33(35,36)37)26-10-5-6-11-27(26)40(30)17-8-18-43-4/h5-6,10-15,23,25H,7-9,16-21H2,1-4H3,(H,38,42)/t23?,25-/m1/s1. The number of para-hydroxylation sites is 1. The molecule has 1 aliphatic heterocycles. The molecular formula is C33H41BrF3N3O4. The minimum Gasteiger partial charge on any atom is -0.444 e. The van der Waals surface area contributed by atoms with Gasteiger partial charge < -0.3 is 24.3 Å². The Morgan fingerprint density at radius 1 is 1.09 bits per heavy atom. The van der Waals surface area contributed by atoms with Crippen molar-refractivity contribution in [3.8, 4) is 0 Å². The number of methoxy groups -OCH3 is 1. The average Bonchev–Trinajstić information content (AvgIpc) is 3.28. The van der Waals surface area contributed by atoms with Gasteiger partial charge in [0.1, 0.15) is 5.60 Å². The first-order valence-corrected chi connectivity index (χ1v) is 15.7. The van der Waals surface area contributed by atoms with E-state index in [-0.39, 0.29) is 30.0 Å². The van der Waals surface area contributed by atoms with E-state index in [1.165, 1.54) is 6.07 Å². The number of aromatic nitrogens is 1. The van der Waals surface area contributed by atoms with E-state index in [1.54, 1.807) is 55.5 Å². The first-order valence-electron chi connectivity index (χ1n) is 15.0. The molecule has 0 radical (unpaired) electrons. The zero-order valence-electron chi connectivity index (χ0n) is 25.7. The highest BCUT2D eigenvalue weighted by atomic mass is 79.9. The van der Waals surface area contributed by atoms with Gasteiger partial charge in [0.2, 0.25) is 5.91 Å². The first kappa shape index (κ1) is 33.8. The molecule has 1 aliphatic rings. The van der Waals surface area contributed by atoms with Crippen LogP contribution in [0.3, 0.4) is 0 Å². The molecule has 2 atom stereocenters. The molecule has 11 heteroatoms. The number of alkyl carbamates (subject to hydrolysis) is 1. The number of nitrogens with one attached hydrogen (secondary N) is 1. The average molecular weight is 681 g/mol. The maximum atomic E-state index is 14.7. The Labute approximate surface area is 265 Å². The van der Waals surface area contributed by atoms with E-state index in [0.29, 0.717) is 50.9 Å². The van der Waals surface area contributed by atoms with Gasteiger partial charge in [-0.2, -0.15) is 13.2 Å². The number of nitrogens with zero attached hydrogens (tertiary/aromatic N) is 2. The smallest absolute Gasteiger partial charge is 0.418 e. The summed E-state index contributed by atoms with van der Waals surface area (Å²) in [4.78, 5) is 28.1. The van der Waals surface area contributed by atoms with Crippen LogP contribution in [0.4, 0.5) is 18.0 Å². The summed E-state index contributed by atoms with van der Waals surface area (Å²) >= 11 is 3.42. The van der Waals surface area contributed by atoms with Crippen molar-refractivity contribution in [3.05, 3.63) is 69.8 Å². The number of carbonyl (C=O) groups is 2. The van der Waals surface area contributed by atoms with Crippen LogP contribution in [0.15, 0.2) is 53.0 Å². The number of halogens is 4. The summed E-state index contributed by atoms with van der Waals surface area (Å²) in [5.74, 6) is -0.716. The molecule has 240 valence electrons. The van der Waals surface area contributed by atoms with Crippen molar-refractivity contribution in [1.29, 1.82) is 0 Å². The number of piperidine rings is 1. The van der Waals surface area contributed by atoms with Crippen LogP contribution in [-0.4, -0.2) is 59.9 Å². The van der Waals surface area contributed by atoms with Gasteiger partial charge in [-0.1, -0.05) is 46.3 Å². The number of hydrogen-bond donors (Lipinski definition) is 1. The highest BCUT2D eigenvalue weighted by Crippen LogP contribution is 2.44. The van der Waals surface area contributed by atoms with Crippen LogP contribution in [0.2, 0.25) is 0 Å². The van der Waals surface area contributed by atoms with Gasteiger partial charge in [0.25, 0.3) is 0 Å². The van der Waals surface area contributed by atoms with E-state index in [0.717, 1.165) is 10.0 Å². The fourth-order valence-electron chi connectivity index (χ4n) is 5.97. The molecule has 0 bridgehead atoms. The number of alkyl halides is 3. The Kier molecular flexibility index (Phi) is 11.0. The Hall–Kier alpha value is -3.05. The zero-order chi connectivity index (χ0) is 32.1. The third-order valence-electron chi connectivity index (χ3n) is 7.72. The number of amides is 2. The molecule has 2 amide bonds. The van der Waals surface area contributed by atoms with Crippen LogP contribution in [0.1, 0.15) is 69.2 Å². The molecule has 4 rings (SSSR count). The molecule has 1 N–H and O–H groups in total. The summed E-state index contributed by atoms with van der Waals surface area (Å²) < 4.78 is 57.3. The Morgan fingerprint density at radius 3 is 2.45 bits per heavy atom. The fourth-order valence-corrected chi connectivity index (χ4v) is 6.24. The summed E-state index contributed by atoms with van der Waals surface area (Å²) in [7, 11) is 1.57. The Balaban J connectivity index is 1.60. The van der Waals surface area contributed by atoms with Crippen molar-refractivity contribution in [3.63, 3.8) is 0 Å². The summed E-state index contributed by atoms with van der Waals surface area (Å²) in [6.45, 7) is 6.70. The third kappa shape index (κ3) is 8.78. The highest BCUT2D eigenvalue weighted by Gasteiger charge is 2.42. The second-order valence-corrected chi connectivity index (χ2v) is 13.2. The topological polar surface area (TPSA) is 72.8 Å². The number of aryl methyl sites for hydroxylation is 1. The lowest BCUT2D eigenvalue weighted by atomic mass is 9.90. The molecular weight excluding hydrogens is 639 g/mol. The molecule has 0 spiro atoms. The molecule has 7 nitrogen and oxygen atoms in total. The number of carbonyl (C=O) groups excluding carboxylic acids is 2. The van der Waals surface area contributed by atoms with Gasteiger partial charge in [0, 0.05) is 72.8 Å². The first-order chi connectivity index (χ1) is 20.8. The van der Waals surface area contributed by atoms with Gasteiger partial charge in [-0.3, -0.25) is 4.79 Å². The monoisotopic (exact) mass is 679 g/mol. The number of hydrogen-bond acceptors (Lipinski definition) is 4. The van der Waals surface area contributed by atoms with Crippen molar-refractivity contribution >= 4 is 38.8 Å². The van der Waals surface area contributed by atoms with E-state index in [9.17, 15) is 22.8 Å². The number of ether oxygens (including phenoxy) is 2. The van der Waals surface area contributed by atoms with E-state index < -0.39 is 35.4 Å². The lowest BCUT2D eigenvalue weighted by Gasteiger charge is -2.35. The Bertz CT molecular complexity index is 1430. The molecule has 3 aromatic rings. The summed E-state index contributed by atoms with van der Waals surface area (Å²) in [5.41, 5.74) is 0.350. The van der Waals surface area contributed by atoms with Crippen LogP contribution >= 0.6 is 15.9 Å². The molecule has 1 saturated heterocycles. The zero-order valence-corrected chi connectivity index (χ0v) is 27.3. The quantitative estimate of drug-likeness (QED) is 0.223. The van der Waals surface area contributed by atoms with E-state index in [4.69, 9.17) is 9.47 Å². The molecule has 2 heterocycles. The maximum absolute atomic E-state index is 14.7. The number of likely N-dealkylation sites (tertiary alicyclic amines) is 1. The minimum atomic E-state index is -4.55. The molecule has 1 aromatic heterocycles. The fraction of sp³-hybridized carbons (Fsp3) is 0.515. The molecule has 0 saturated carbocycles. The van der Waals surface area contributed by atoms with Crippen LogP contribution in [0.5, 0.6) is 0 Å². The summed E-state index contributed by atoms with van der Waals surface area (Å²) in [6, 6.07) is 13.7. The van der Waals surface area contributed by atoms with Gasteiger partial charge in [-0.15, -0.1) is 0 Å². The van der Waals surface area contributed by atoms with Crippen molar-refractivity contribution in [2.75, 3.05) is 26.8 Å². The second-order valence-electron chi connectivity index (χ2n) is 12.3. The van der Waals surface area contributed by atoms with Crippen molar-refractivity contribution in [1.82, 2.24) is 14.8 Å². The largest absolute Gasteiger partial charge is 0.444 e. The minimum absolute atomic E-state index is 0.00895. The lowest BCUT2D eigenvalue weighted by Crippen LogP contribution is -2.46. The van der Waals surface area contributed by atoms with Crippen molar-refractivity contribution < 1.29 is 32.2 Å². The molecule has 44 heavy (non-hydrogen) atoms. The molecule has 0 aliphatic carbocycles. The predicted molar refractivity (Wildman–Crippen MR) is 168 cm³/mol. The van der Waals surface area contributed by atoms with Crippen LogP contribution in [0.25, 0.3) is 10.9 Å². The molecule has 1 unspecified atom stereocenters. The third-order valence-corrected chi connectivity index (χ3v) is 8.25. The number of benzene rings is 2. The number of fused-ring (bicyclic) bond motifs is 1.